The van der Waals surface area contributed by atoms with Gasteiger partial charge in [0, 0.05) is 34.2 Å². The van der Waals surface area contributed by atoms with Crippen LogP contribution in [-0.2, 0) is 21.2 Å². The normalized spacial score (nSPS) is 21.4. The summed E-state index contributed by atoms with van der Waals surface area (Å²) in [4.78, 5) is 37.0. The monoisotopic (exact) mass is 754 g/mol. The Morgan fingerprint density at radius 2 is 1.43 bits per heavy atom. The number of nitrogens with one attached hydrogen (secondary N) is 1. The number of carbonyl (C=O) groups is 2. The first-order valence-corrected chi connectivity index (χ1v) is 18.6. The predicted octanol–water partition coefficient (Wildman–Crippen LogP) is 10.3. The quantitative estimate of drug-likeness (QED) is 0.272. The van der Waals surface area contributed by atoms with Gasteiger partial charge in [-0.2, -0.15) is 0 Å². The summed E-state index contributed by atoms with van der Waals surface area (Å²) >= 11 is 19.9. The molecule has 0 aromatic heterocycles. The van der Waals surface area contributed by atoms with Crippen LogP contribution in [0.3, 0.4) is 0 Å². The summed E-state index contributed by atoms with van der Waals surface area (Å²) < 4.78 is 11.8. The number of likely N-dealkylation sites (tertiary alicyclic amines) is 1. The van der Waals surface area contributed by atoms with Crippen molar-refractivity contribution in [3.8, 4) is 5.75 Å². The van der Waals surface area contributed by atoms with Crippen molar-refractivity contribution in [2.45, 2.75) is 103 Å². The van der Waals surface area contributed by atoms with Crippen molar-refractivity contribution < 1.29 is 19.1 Å². The van der Waals surface area contributed by atoms with Gasteiger partial charge in [0.15, 0.2) is 0 Å². The number of benzene rings is 3. The number of piperidine rings is 1. The molecule has 0 radical (unpaired) electrons. The van der Waals surface area contributed by atoms with Gasteiger partial charge in [-0.15, -0.1) is 0 Å². The average molecular weight is 756 g/mol. The average Bonchev–Trinajstić information content (AvgIpc) is 3.28. The molecular formula is C40H49Cl3N4O4. The zero-order chi connectivity index (χ0) is 37.5. The van der Waals surface area contributed by atoms with E-state index in [1.807, 2.05) is 107 Å². The first kappa shape index (κ1) is 38.8. The third-order valence-corrected chi connectivity index (χ3v) is 10.7. The van der Waals surface area contributed by atoms with Gasteiger partial charge in [-0.3, -0.25) is 9.89 Å². The number of carbonyl (C=O) groups excluding carboxylic acids is 2. The second-order valence-corrected chi connectivity index (χ2v) is 16.9. The largest absolute Gasteiger partial charge is 0.493 e. The molecule has 1 saturated heterocycles. The number of nitrogens with zero attached hydrogens (tertiary/aromatic N) is 3. The van der Waals surface area contributed by atoms with Crippen LogP contribution in [0.4, 0.5) is 9.59 Å². The lowest BCUT2D eigenvalue weighted by Gasteiger charge is -2.47. The SMILES string of the molecule is CCOc1cc(C(C)(C)C)c(Cl)cc1C1=N[C@@](C)(c2ccc(Cl)cc2)[C@@](C)(c2ccc(Cl)cc2)N1C(=O)N1CCC(NC(=O)OC(C)(C)C)CC1. The highest BCUT2D eigenvalue weighted by Gasteiger charge is 2.60. The number of aliphatic imine (C=N–C) groups is 1. The molecule has 0 spiro atoms. The van der Waals surface area contributed by atoms with Gasteiger partial charge in [0.2, 0.25) is 0 Å². The molecule has 5 rings (SSSR count). The molecule has 1 fully saturated rings. The van der Waals surface area contributed by atoms with E-state index in [1.54, 1.807) is 4.90 Å². The van der Waals surface area contributed by atoms with E-state index in [2.05, 4.69) is 26.1 Å². The minimum Gasteiger partial charge on any atom is -0.493 e. The molecule has 3 amide bonds. The first-order chi connectivity index (χ1) is 23.8. The van der Waals surface area contributed by atoms with Crippen LogP contribution >= 0.6 is 34.8 Å². The van der Waals surface area contributed by atoms with E-state index in [1.165, 1.54) is 0 Å². The van der Waals surface area contributed by atoms with Crippen LogP contribution in [0.15, 0.2) is 65.7 Å². The highest BCUT2D eigenvalue weighted by atomic mass is 35.5. The Morgan fingerprint density at radius 3 is 1.94 bits per heavy atom. The van der Waals surface area contributed by atoms with Crippen molar-refractivity contribution in [3.05, 3.63) is 98.0 Å². The second-order valence-electron chi connectivity index (χ2n) is 15.6. The molecule has 274 valence electrons. The summed E-state index contributed by atoms with van der Waals surface area (Å²) in [6.07, 6.45) is 0.663. The van der Waals surface area contributed by atoms with E-state index < -0.39 is 22.8 Å². The van der Waals surface area contributed by atoms with Crippen molar-refractivity contribution in [1.29, 1.82) is 0 Å². The summed E-state index contributed by atoms with van der Waals surface area (Å²) in [6, 6.07) is 18.6. The Labute approximate surface area is 317 Å². The topological polar surface area (TPSA) is 83.5 Å². The number of amides is 3. The Balaban J connectivity index is 1.67. The van der Waals surface area contributed by atoms with Gasteiger partial charge in [-0.25, -0.2) is 9.59 Å². The molecule has 51 heavy (non-hydrogen) atoms. The summed E-state index contributed by atoms with van der Waals surface area (Å²) in [5.74, 6) is 1.03. The van der Waals surface area contributed by atoms with E-state index in [4.69, 9.17) is 49.3 Å². The summed E-state index contributed by atoms with van der Waals surface area (Å²) in [5, 5.41) is 4.71. The Bertz CT molecular complexity index is 1790. The molecule has 2 heterocycles. The third kappa shape index (κ3) is 7.84. The number of hydrogen-bond acceptors (Lipinski definition) is 5. The summed E-state index contributed by atoms with van der Waals surface area (Å²) in [7, 11) is 0. The van der Waals surface area contributed by atoms with Gasteiger partial charge in [-0.1, -0.05) is 79.8 Å². The highest BCUT2D eigenvalue weighted by Crippen LogP contribution is 2.54. The zero-order valence-electron chi connectivity index (χ0n) is 31.0. The molecule has 3 aromatic carbocycles. The molecule has 2 aliphatic heterocycles. The van der Waals surface area contributed by atoms with Crippen molar-refractivity contribution in [2.75, 3.05) is 19.7 Å². The fraction of sp³-hybridized carbons (Fsp3) is 0.475. The van der Waals surface area contributed by atoms with Crippen molar-refractivity contribution in [2.24, 2.45) is 4.99 Å². The minimum atomic E-state index is -1.07. The third-order valence-electron chi connectivity index (χ3n) is 9.84. The smallest absolute Gasteiger partial charge is 0.407 e. The molecule has 0 saturated carbocycles. The molecule has 2 aliphatic rings. The van der Waals surface area contributed by atoms with E-state index in [9.17, 15) is 4.79 Å². The second kappa shape index (κ2) is 14.5. The number of halogens is 3. The zero-order valence-corrected chi connectivity index (χ0v) is 33.3. The molecular weight excluding hydrogens is 707 g/mol. The molecule has 0 unspecified atom stereocenters. The van der Waals surface area contributed by atoms with Crippen molar-refractivity contribution in [3.63, 3.8) is 0 Å². The standard InChI is InChI=1S/C40H49Cl3N4O4/c1-10-50-33-24-31(37(2,3)4)32(43)23-30(33)34-45-39(8,25-11-15-27(41)16-12-25)40(9,26-13-17-28(42)18-14-26)47(34)36(49)46-21-19-29(20-22-46)44-35(48)51-38(5,6)7/h11-18,23-24,29H,10,19-22H2,1-9H3,(H,44,48)/t39-,40+/m0/s1. The first-order valence-electron chi connectivity index (χ1n) is 17.5. The van der Waals surface area contributed by atoms with Crippen LogP contribution in [0.5, 0.6) is 5.75 Å². The van der Waals surface area contributed by atoms with Gasteiger partial charge >= 0.3 is 12.1 Å². The van der Waals surface area contributed by atoms with Gasteiger partial charge in [0.05, 0.1) is 12.2 Å². The van der Waals surface area contributed by atoms with Gasteiger partial charge < -0.3 is 19.7 Å². The van der Waals surface area contributed by atoms with E-state index in [0.717, 1.165) is 16.7 Å². The van der Waals surface area contributed by atoms with Crippen LogP contribution in [0, 0.1) is 0 Å². The van der Waals surface area contributed by atoms with E-state index in [0.29, 0.717) is 64.8 Å². The molecule has 0 aliphatic carbocycles. The number of rotatable bonds is 6. The minimum absolute atomic E-state index is 0.133. The number of alkyl carbamates (subject to hydrolysis) is 1. The molecule has 1 N–H and O–H groups in total. The molecule has 11 heteroatoms. The van der Waals surface area contributed by atoms with Crippen molar-refractivity contribution in [1.82, 2.24) is 15.1 Å². The fourth-order valence-electron chi connectivity index (χ4n) is 6.98. The Morgan fingerprint density at radius 1 is 0.882 bits per heavy atom. The molecule has 3 aromatic rings. The van der Waals surface area contributed by atoms with Gasteiger partial charge in [-0.05, 0) is 113 Å². The van der Waals surface area contributed by atoms with Crippen LogP contribution in [0.1, 0.15) is 97.4 Å². The van der Waals surface area contributed by atoms with Crippen molar-refractivity contribution >= 4 is 52.8 Å². The maximum atomic E-state index is 15.2. The number of ether oxygens (including phenoxy) is 2. The lowest BCUT2D eigenvalue weighted by Crippen LogP contribution is -2.59. The number of amidine groups is 1. The highest BCUT2D eigenvalue weighted by molar-refractivity contribution is 6.32. The number of hydrogen-bond donors (Lipinski definition) is 1. The molecule has 2 atom stereocenters. The van der Waals surface area contributed by atoms with Crippen LogP contribution in [-0.4, -0.2) is 59.1 Å². The maximum Gasteiger partial charge on any atom is 0.407 e. The predicted molar refractivity (Wildman–Crippen MR) is 207 cm³/mol. The Hall–Kier alpha value is -3.46. The van der Waals surface area contributed by atoms with Crippen LogP contribution in [0.25, 0.3) is 0 Å². The molecule has 0 bridgehead atoms. The molecule has 8 nitrogen and oxygen atoms in total. The lowest BCUT2D eigenvalue weighted by molar-refractivity contribution is 0.0479. The number of urea groups is 1. The summed E-state index contributed by atoms with van der Waals surface area (Å²) in [6.45, 7) is 19.0. The van der Waals surface area contributed by atoms with Crippen LogP contribution < -0.4 is 10.1 Å². The van der Waals surface area contributed by atoms with Gasteiger partial charge in [0.1, 0.15) is 28.3 Å². The maximum absolute atomic E-state index is 15.2. The Kier molecular flexibility index (Phi) is 11.0. The summed E-state index contributed by atoms with van der Waals surface area (Å²) in [5.41, 5.74) is 0.302. The van der Waals surface area contributed by atoms with E-state index >= 15 is 4.79 Å². The van der Waals surface area contributed by atoms with Gasteiger partial charge in [0.25, 0.3) is 0 Å². The van der Waals surface area contributed by atoms with Crippen LogP contribution in [0.2, 0.25) is 15.1 Å². The van der Waals surface area contributed by atoms with E-state index in [-0.39, 0.29) is 17.5 Å². The fourth-order valence-corrected chi connectivity index (χ4v) is 7.68. The lowest BCUT2D eigenvalue weighted by atomic mass is 9.71.